The number of β-amino-alcohol motifs (C(OH)–C–C–N with tert-alkyl or cyclic N) is 1. The molecule has 0 radical (unpaired) electrons. The van der Waals surface area contributed by atoms with E-state index in [1.54, 1.807) is 6.92 Å². The van der Waals surface area contributed by atoms with E-state index >= 15 is 0 Å². The zero-order valence-electron chi connectivity index (χ0n) is 13.0. The number of carbonyl (C=O) groups excluding carboxylic acids is 1. The van der Waals surface area contributed by atoms with Crippen LogP contribution in [0.4, 0.5) is 0 Å². The van der Waals surface area contributed by atoms with Crippen LogP contribution in [0.3, 0.4) is 0 Å². The number of rotatable bonds is 2. The predicted molar refractivity (Wildman–Crippen MR) is 83.5 cm³/mol. The number of aromatic nitrogens is 4. The van der Waals surface area contributed by atoms with Crippen molar-refractivity contribution in [3.05, 3.63) is 57.4 Å². The molecule has 1 aliphatic heterocycles. The van der Waals surface area contributed by atoms with Gasteiger partial charge in [0.05, 0.1) is 18.2 Å². The molecule has 0 bridgehead atoms. The van der Waals surface area contributed by atoms with Crippen LogP contribution in [-0.2, 0) is 0 Å². The number of H-pyrrole nitrogens is 1. The molecule has 2 aromatic heterocycles. The summed E-state index contributed by atoms with van der Waals surface area (Å²) < 4.78 is 1.30. The van der Waals surface area contributed by atoms with Crippen molar-refractivity contribution in [3.8, 4) is 0 Å². The Kier molecular flexibility index (Phi) is 4.02. The number of piperidine rings is 1. The fourth-order valence-corrected chi connectivity index (χ4v) is 3.04. The molecule has 0 aliphatic carbocycles. The van der Waals surface area contributed by atoms with Crippen LogP contribution >= 0.6 is 0 Å². The van der Waals surface area contributed by atoms with Gasteiger partial charge in [0.2, 0.25) is 0 Å². The van der Waals surface area contributed by atoms with Gasteiger partial charge in [-0.3, -0.25) is 19.1 Å². The zero-order valence-corrected chi connectivity index (χ0v) is 13.0. The molecule has 0 unspecified atom stereocenters. The summed E-state index contributed by atoms with van der Waals surface area (Å²) in [6, 6.07) is 0.689. The number of aromatic amines is 1. The summed E-state index contributed by atoms with van der Waals surface area (Å²) in [6.07, 6.45) is 5.91. The summed E-state index contributed by atoms with van der Waals surface area (Å²) in [5.41, 5.74) is -2.06. The molecule has 1 saturated heterocycles. The van der Waals surface area contributed by atoms with Crippen molar-refractivity contribution in [2.24, 2.45) is 0 Å². The molecular formula is C15H17N5O4. The Morgan fingerprint density at radius 2 is 2.08 bits per heavy atom. The molecule has 3 heterocycles. The van der Waals surface area contributed by atoms with E-state index in [-0.39, 0.29) is 12.5 Å². The Hall–Kier alpha value is -2.81. The number of hydrogen-bond acceptors (Lipinski definition) is 6. The molecule has 9 heteroatoms. The summed E-state index contributed by atoms with van der Waals surface area (Å²) in [6.45, 7) is 1.98. The second-order valence-corrected chi connectivity index (χ2v) is 6.03. The first-order chi connectivity index (χ1) is 11.4. The average molecular weight is 331 g/mol. The molecule has 9 nitrogen and oxygen atoms in total. The Morgan fingerprint density at radius 1 is 1.38 bits per heavy atom. The van der Waals surface area contributed by atoms with Crippen LogP contribution in [0.15, 0.2) is 40.6 Å². The van der Waals surface area contributed by atoms with Crippen LogP contribution in [0, 0.1) is 0 Å². The van der Waals surface area contributed by atoms with Gasteiger partial charge < -0.3 is 10.0 Å². The van der Waals surface area contributed by atoms with E-state index < -0.39 is 22.9 Å². The number of carbonyl (C=O) groups is 1. The van der Waals surface area contributed by atoms with Gasteiger partial charge in [0.25, 0.3) is 11.5 Å². The molecule has 2 aromatic rings. The first kappa shape index (κ1) is 16.1. The number of likely N-dealkylation sites (tertiary alicyclic amines) is 1. The molecule has 1 amide bonds. The van der Waals surface area contributed by atoms with Gasteiger partial charge in [-0.1, -0.05) is 0 Å². The van der Waals surface area contributed by atoms with Gasteiger partial charge >= 0.3 is 5.69 Å². The molecule has 126 valence electrons. The summed E-state index contributed by atoms with van der Waals surface area (Å²) in [5.74, 6) is -0.275. The maximum Gasteiger partial charge on any atom is 0.328 e. The second-order valence-electron chi connectivity index (χ2n) is 6.03. The van der Waals surface area contributed by atoms with E-state index in [1.807, 2.05) is 0 Å². The minimum atomic E-state index is -1.33. The lowest BCUT2D eigenvalue weighted by Gasteiger charge is -2.43. The average Bonchev–Trinajstić information content (AvgIpc) is 2.55. The van der Waals surface area contributed by atoms with Gasteiger partial charge in [-0.2, -0.15) is 0 Å². The van der Waals surface area contributed by atoms with Crippen LogP contribution < -0.4 is 11.2 Å². The number of nitrogens with one attached hydrogen (secondary N) is 1. The molecule has 3 rings (SSSR count). The fraction of sp³-hybridized carbons (Fsp3) is 0.400. The van der Waals surface area contributed by atoms with Gasteiger partial charge in [0, 0.05) is 31.2 Å². The van der Waals surface area contributed by atoms with Crippen molar-refractivity contribution in [3.63, 3.8) is 0 Å². The lowest BCUT2D eigenvalue weighted by Crippen LogP contribution is -2.56. The first-order valence-corrected chi connectivity index (χ1v) is 7.46. The topological polar surface area (TPSA) is 121 Å². The standard InChI is InChI=1S/C15H17N5O4/c1-15(24)8-19(13(22)10-6-16-9-17-7-10)4-2-11(15)20-5-3-12(21)18-14(20)23/h3,5-7,9,11,24H,2,4,8H2,1H3,(H,18,21,23)/t11-,15-/m1/s1. The summed E-state index contributed by atoms with van der Waals surface area (Å²) in [4.78, 5) is 46.9. The lowest BCUT2D eigenvalue weighted by atomic mass is 9.88. The van der Waals surface area contributed by atoms with Gasteiger partial charge in [0.1, 0.15) is 11.9 Å². The molecule has 2 atom stereocenters. The van der Waals surface area contributed by atoms with Crippen LogP contribution in [0.1, 0.15) is 29.7 Å². The molecule has 0 aromatic carbocycles. The van der Waals surface area contributed by atoms with Gasteiger partial charge in [-0.25, -0.2) is 14.8 Å². The molecule has 0 spiro atoms. The second kappa shape index (κ2) is 6.00. The molecule has 1 aliphatic rings. The van der Waals surface area contributed by atoms with Crippen LogP contribution in [-0.4, -0.2) is 54.1 Å². The molecule has 2 N–H and O–H groups in total. The smallest absolute Gasteiger partial charge is 0.328 e. The van der Waals surface area contributed by atoms with E-state index in [0.29, 0.717) is 18.5 Å². The highest BCUT2D eigenvalue weighted by atomic mass is 16.3. The van der Waals surface area contributed by atoms with Crippen molar-refractivity contribution in [1.82, 2.24) is 24.4 Å². The zero-order chi connectivity index (χ0) is 17.3. The SMILES string of the molecule is C[C@@]1(O)CN(C(=O)c2cncnc2)CC[C@H]1n1ccc(=O)[nH]c1=O. The van der Waals surface area contributed by atoms with Crippen molar-refractivity contribution in [1.29, 1.82) is 0 Å². The Morgan fingerprint density at radius 3 is 2.71 bits per heavy atom. The van der Waals surface area contributed by atoms with E-state index in [2.05, 4.69) is 15.0 Å². The molecule has 0 saturated carbocycles. The van der Waals surface area contributed by atoms with E-state index in [9.17, 15) is 19.5 Å². The molecule has 1 fully saturated rings. The quantitative estimate of drug-likeness (QED) is 0.740. The molecular weight excluding hydrogens is 314 g/mol. The van der Waals surface area contributed by atoms with E-state index in [1.165, 1.54) is 40.5 Å². The van der Waals surface area contributed by atoms with Crippen molar-refractivity contribution >= 4 is 5.91 Å². The minimum absolute atomic E-state index is 0.0525. The van der Waals surface area contributed by atoms with Crippen molar-refractivity contribution in [2.75, 3.05) is 13.1 Å². The largest absolute Gasteiger partial charge is 0.386 e. The van der Waals surface area contributed by atoms with Crippen LogP contribution in [0.2, 0.25) is 0 Å². The third kappa shape index (κ3) is 2.98. The minimum Gasteiger partial charge on any atom is -0.386 e. The maximum atomic E-state index is 12.5. The third-order valence-corrected chi connectivity index (χ3v) is 4.18. The molecule has 24 heavy (non-hydrogen) atoms. The van der Waals surface area contributed by atoms with Gasteiger partial charge in [0.15, 0.2) is 0 Å². The third-order valence-electron chi connectivity index (χ3n) is 4.18. The maximum absolute atomic E-state index is 12.5. The van der Waals surface area contributed by atoms with E-state index in [0.717, 1.165) is 0 Å². The monoisotopic (exact) mass is 331 g/mol. The summed E-state index contributed by atoms with van der Waals surface area (Å²) in [7, 11) is 0. The highest BCUT2D eigenvalue weighted by Gasteiger charge is 2.41. The predicted octanol–water partition coefficient (Wildman–Crippen LogP) is -0.835. The number of amides is 1. The summed E-state index contributed by atoms with van der Waals surface area (Å²) in [5, 5.41) is 10.8. The van der Waals surface area contributed by atoms with Crippen LogP contribution in [0.5, 0.6) is 0 Å². The number of nitrogens with zero attached hydrogens (tertiary/aromatic N) is 4. The van der Waals surface area contributed by atoms with Crippen molar-refractivity contribution < 1.29 is 9.90 Å². The van der Waals surface area contributed by atoms with Crippen molar-refractivity contribution in [2.45, 2.75) is 25.0 Å². The summed E-state index contributed by atoms with van der Waals surface area (Å²) >= 11 is 0. The van der Waals surface area contributed by atoms with Gasteiger partial charge in [-0.05, 0) is 13.3 Å². The first-order valence-electron chi connectivity index (χ1n) is 7.46. The normalized spacial score (nSPS) is 23.9. The van der Waals surface area contributed by atoms with Crippen LogP contribution in [0.25, 0.3) is 0 Å². The van der Waals surface area contributed by atoms with E-state index in [4.69, 9.17) is 0 Å². The number of aliphatic hydroxyl groups is 1. The fourth-order valence-electron chi connectivity index (χ4n) is 3.04. The highest BCUT2D eigenvalue weighted by molar-refractivity contribution is 5.93. The lowest BCUT2D eigenvalue weighted by molar-refractivity contribution is -0.0504. The Balaban J connectivity index is 1.84. The Labute approximate surface area is 136 Å². The highest BCUT2D eigenvalue weighted by Crippen LogP contribution is 2.31. The Bertz CT molecular complexity index is 858. The number of hydrogen-bond donors (Lipinski definition) is 2. The van der Waals surface area contributed by atoms with Gasteiger partial charge in [-0.15, -0.1) is 0 Å².